The molecule has 604 valence electrons. The van der Waals surface area contributed by atoms with Crippen LogP contribution in [0.1, 0.15) is 110 Å². The average Bonchev–Trinajstić information content (AvgIpc) is 1.24. The summed E-state index contributed by atoms with van der Waals surface area (Å²) in [7, 11) is -7.66. The summed E-state index contributed by atoms with van der Waals surface area (Å²) in [6, 6.07) is 41.1. The van der Waals surface area contributed by atoms with E-state index in [1.54, 1.807) is 89.3 Å². The number of aromatic nitrogens is 3. The molecule has 32 heteroatoms. The van der Waals surface area contributed by atoms with Crippen molar-refractivity contribution in [1.29, 1.82) is 0 Å². The summed E-state index contributed by atoms with van der Waals surface area (Å²) in [6.45, 7) is 16.7. The molecule has 0 aliphatic heterocycles. The topological polar surface area (TPSA) is 236 Å². The number of rotatable bonds is 26. The number of ether oxygens (including phenoxy) is 3. The van der Waals surface area contributed by atoms with Crippen molar-refractivity contribution < 1.29 is 58.6 Å². The van der Waals surface area contributed by atoms with E-state index >= 15 is 0 Å². The highest BCUT2D eigenvalue weighted by molar-refractivity contribution is 9.11. The molecular weight excluding hydrogens is 1820 g/mol. The number of benzene rings is 7. The molecule has 3 heterocycles. The number of nitrogens with two attached hydrogens (primary N) is 1. The monoisotopic (exact) mass is 1910 g/mol. The van der Waals surface area contributed by atoms with Crippen molar-refractivity contribution in [2.45, 2.75) is 168 Å². The second-order valence-electron chi connectivity index (χ2n) is 26.0. The molecule has 112 heavy (non-hydrogen) atoms. The number of alkyl carbamates (subject to hydrolysis) is 2. The van der Waals surface area contributed by atoms with Crippen LogP contribution in [-0.2, 0) is 58.3 Å². The van der Waals surface area contributed by atoms with Crippen molar-refractivity contribution in [1.82, 2.24) is 25.6 Å². The zero-order valence-electron chi connectivity index (χ0n) is 63.1. The van der Waals surface area contributed by atoms with Crippen LogP contribution in [0, 0.1) is 23.4 Å². The van der Waals surface area contributed by atoms with Crippen LogP contribution < -0.4 is 16.4 Å². The Hall–Kier alpha value is -5.72. The number of amides is 2. The summed E-state index contributed by atoms with van der Waals surface area (Å²) in [4.78, 5) is 53.0. The van der Waals surface area contributed by atoms with Crippen LogP contribution in [0.5, 0.6) is 0 Å². The summed E-state index contributed by atoms with van der Waals surface area (Å²) in [5, 5.41) is 7.46. The summed E-state index contributed by atoms with van der Waals surface area (Å²) < 4.78 is 110. The molecule has 0 fully saturated rings. The molecule has 4 N–H and O–H groups in total. The van der Waals surface area contributed by atoms with Crippen molar-refractivity contribution in [2.24, 2.45) is 11.7 Å². The molecule has 1 unspecified atom stereocenters. The van der Waals surface area contributed by atoms with Gasteiger partial charge in [-0.3, -0.25) is 4.79 Å². The number of carbonyl (C=O) groups excluding carboxylic acids is 3. The van der Waals surface area contributed by atoms with Gasteiger partial charge in [0.15, 0.2) is 9.84 Å². The quantitative estimate of drug-likeness (QED) is 0.0260. The number of nitrogens with one attached hydrogen (secondary N) is 2. The Bertz CT molecular complexity index is 4880. The summed E-state index contributed by atoms with van der Waals surface area (Å²) >= 11 is 22.4. The Morgan fingerprint density at radius 1 is 0.554 bits per heavy atom. The van der Waals surface area contributed by atoms with E-state index in [9.17, 15) is 44.4 Å². The maximum Gasteiger partial charge on any atom is 0.408 e. The molecule has 10 aromatic rings. The van der Waals surface area contributed by atoms with E-state index in [0.717, 1.165) is 105 Å². The van der Waals surface area contributed by atoms with Crippen molar-refractivity contribution in [3.8, 4) is 33.4 Å². The highest BCUT2D eigenvalue weighted by atomic mass is 79.9. The maximum absolute atomic E-state index is 13.3. The standard InChI is InChI=1S/C24H31FO2S2.C22H23FN2O2S3.C17H15FN2O4S3.C9H13BrN2O2S.C7H6Br2S.CH4/c1-4-6-7-18(5-2)17-27-24(26)12-13-29-23-15-20(14-22(16-23)28-3)19-8-10-21(25)11-9-19;1-22(2,3)27-21(26)25-12-19-24-13-20(30-19)29-18-10-15(9-17(11-18)28-4)14-5-7-16(23)8-6-14;1-26(21,22)14-6-12(11-2-4-13(18)5-3-11)7-15(8-14)27(23,24)17-10-20-16(9-19)25-17;1-9(2,3)14-8(13)12-5-7-11-4-6(10)15-7;1-10-7-3-5(8)2-6(9)4-7;/h8-11,14-16,18H,4-7,12-13,17H2,1-3H3;5-11,13H,12H2,1-4H3,(H,25,26);2-8,10H,9,19H2,1H3;4H,5H2,1-3H3,(H,12,13);2-4H,1H3;1H4. The average molecular weight is 1920 g/mol. The second-order valence-corrected chi connectivity index (χ2v) is 41.9. The number of hydrogen-bond donors (Lipinski definition) is 3. The van der Waals surface area contributed by atoms with Crippen LogP contribution in [0.2, 0.25) is 0 Å². The molecule has 0 radical (unpaired) electrons. The van der Waals surface area contributed by atoms with Gasteiger partial charge in [-0.1, -0.05) is 121 Å². The van der Waals surface area contributed by atoms with Crippen LogP contribution in [-0.4, -0.2) is 98.5 Å². The Balaban J connectivity index is 0.000000260. The molecule has 0 aliphatic rings. The minimum Gasteiger partial charge on any atom is -0.465 e. The summed E-state index contributed by atoms with van der Waals surface area (Å²) in [6.07, 6.45) is 15.9. The van der Waals surface area contributed by atoms with Crippen LogP contribution in [0.3, 0.4) is 0 Å². The summed E-state index contributed by atoms with van der Waals surface area (Å²) in [5.41, 5.74) is 9.39. The van der Waals surface area contributed by atoms with Gasteiger partial charge in [-0.15, -0.1) is 81.1 Å². The largest absolute Gasteiger partial charge is 0.465 e. The molecule has 2 amide bonds. The Labute approximate surface area is 715 Å². The predicted molar refractivity (Wildman–Crippen MR) is 470 cm³/mol. The number of hydrogen-bond acceptors (Lipinski definition) is 22. The smallest absolute Gasteiger partial charge is 0.408 e. The zero-order chi connectivity index (χ0) is 81.6. The fourth-order valence-corrected chi connectivity index (χ4v) is 20.1. The number of carbonyl (C=O) groups is 3. The fourth-order valence-electron chi connectivity index (χ4n) is 9.43. The van der Waals surface area contributed by atoms with E-state index < -0.39 is 48.9 Å². The lowest BCUT2D eigenvalue weighted by Gasteiger charge is -2.19. The van der Waals surface area contributed by atoms with Gasteiger partial charge in [-0.25, -0.2) is 54.5 Å². The Morgan fingerprint density at radius 2 is 1.00 bits per heavy atom. The Kier molecular flexibility index (Phi) is 41.1. The molecule has 3 aromatic heterocycles. The minimum atomic E-state index is -3.99. The number of halogens is 6. The normalized spacial score (nSPS) is 11.5. The molecule has 0 aliphatic carbocycles. The molecule has 0 saturated carbocycles. The number of sulfone groups is 2. The summed E-state index contributed by atoms with van der Waals surface area (Å²) in [5.74, 6) is 0.111. The van der Waals surface area contributed by atoms with Gasteiger partial charge in [0.25, 0.3) is 0 Å². The first kappa shape index (κ1) is 96.9. The van der Waals surface area contributed by atoms with E-state index in [4.69, 9.17) is 19.9 Å². The molecule has 1 atom stereocenters. The number of thioether (sulfide) groups is 4. The lowest BCUT2D eigenvalue weighted by atomic mass is 10.0. The minimum absolute atomic E-state index is 0. The van der Waals surface area contributed by atoms with Crippen molar-refractivity contribution in [3.63, 3.8) is 0 Å². The lowest BCUT2D eigenvalue weighted by molar-refractivity contribution is -0.144. The maximum atomic E-state index is 13.3. The van der Waals surface area contributed by atoms with E-state index in [-0.39, 0.29) is 45.6 Å². The first-order valence-electron chi connectivity index (χ1n) is 34.3. The number of esters is 1. The second kappa shape index (κ2) is 47.5. The third kappa shape index (κ3) is 35.0. The van der Waals surface area contributed by atoms with E-state index in [0.29, 0.717) is 53.9 Å². The first-order chi connectivity index (χ1) is 52.5. The van der Waals surface area contributed by atoms with Gasteiger partial charge in [0.1, 0.15) is 47.9 Å². The molecular formula is C80H92Br3F3N6O10S10. The van der Waals surface area contributed by atoms with Crippen LogP contribution >= 0.6 is 141 Å². The third-order valence-electron chi connectivity index (χ3n) is 14.9. The van der Waals surface area contributed by atoms with Gasteiger partial charge < -0.3 is 30.6 Å². The van der Waals surface area contributed by atoms with E-state index in [2.05, 4.69) is 142 Å². The third-order valence-corrected chi connectivity index (χ3v) is 26.7. The lowest BCUT2D eigenvalue weighted by Crippen LogP contribution is -2.32. The van der Waals surface area contributed by atoms with Gasteiger partial charge in [0, 0.05) is 52.0 Å². The van der Waals surface area contributed by atoms with Crippen LogP contribution in [0.15, 0.2) is 220 Å². The molecule has 16 nitrogen and oxygen atoms in total. The number of unbranched alkanes of at least 4 members (excludes halogenated alkanes) is 1. The van der Waals surface area contributed by atoms with Gasteiger partial charge in [-0.05, 0) is 231 Å². The highest BCUT2D eigenvalue weighted by Crippen LogP contribution is 2.39. The SMILES string of the molecule is C.CC(C)(C)OC(=O)NCc1ncc(Br)s1.CCCCC(CC)COC(=O)CCSc1cc(SC)cc(-c2ccc(F)cc2)c1.CS(=O)(=O)c1cc(-c2ccc(F)cc2)cc(S(=O)(=O)c2cnc(CN)s2)c1.CSc1cc(Br)cc(Br)c1.CSc1cc(Sc2cnc(CNC(=O)OC(C)(C)C)s2)cc(-c2ccc(F)cc2)c1. The van der Waals surface area contributed by atoms with Crippen LogP contribution in [0.4, 0.5) is 22.8 Å². The van der Waals surface area contributed by atoms with Gasteiger partial charge in [-0.2, -0.15) is 0 Å². The van der Waals surface area contributed by atoms with Crippen molar-refractivity contribution >= 4 is 178 Å². The molecule has 7 aromatic carbocycles. The van der Waals surface area contributed by atoms with Crippen molar-refractivity contribution in [2.75, 3.05) is 37.4 Å². The van der Waals surface area contributed by atoms with Crippen LogP contribution in [0.25, 0.3) is 33.4 Å². The fraction of sp³-hybridized carbons (Fsp3) is 0.325. The number of nitrogens with zero attached hydrogens (tertiary/aromatic N) is 3. The molecule has 0 saturated heterocycles. The van der Waals surface area contributed by atoms with E-state index in [1.165, 1.54) is 107 Å². The first-order valence-corrected chi connectivity index (χ1v) is 48.0. The highest BCUT2D eigenvalue weighted by Gasteiger charge is 2.25. The molecule has 10 rings (SSSR count). The predicted octanol–water partition coefficient (Wildman–Crippen LogP) is 24.4. The van der Waals surface area contributed by atoms with Gasteiger partial charge >= 0.3 is 18.2 Å². The van der Waals surface area contributed by atoms with Crippen molar-refractivity contribution in [3.05, 3.63) is 209 Å². The zero-order valence-corrected chi connectivity index (χ0v) is 76.0. The molecule has 0 bridgehead atoms. The number of thiazole rings is 3. The van der Waals surface area contributed by atoms with Gasteiger partial charge in [0.2, 0.25) is 9.84 Å². The molecule has 0 spiro atoms. The van der Waals surface area contributed by atoms with Gasteiger partial charge in [0.05, 0.1) is 62.5 Å². The van der Waals surface area contributed by atoms with E-state index in [1.807, 2.05) is 66.3 Å². The Morgan fingerprint density at radius 3 is 1.45 bits per heavy atom.